The molecule has 164 valence electrons. The van der Waals surface area contributed by atoms with E-state index < -0.39 is 0 Å². The third kappa shape index (κ3) is 4.50. The number of hydrogen-bond donors (Lipinski definition) is 0. The normalized spacial score (nSPS) is 21.5. The Balaban J connectivity index is 1.67. The lowest BCUT2D eigenvalue weighted by atomic mass is 9.75. The third-order valence-electron chi connectivity index (χ3n) is 6.74. The zero-order chi connectivity index (χ0) is 22.1. The Morgan fingerprint density at radius 1 is 1.16 bits per heavy atom. The second-order valence-electron chi connectivity index (χ2n) is 9.32. The topological polar surface area (TPSA) is 35.1 Å². The Morgan fingerprint density at radius 3 is 2.58 bits per heavy atom. The van der Waals surface area contributed by atoms with E-state index in [9.17, 15) is 4.79 Å². The van der Waals surface area contributed by atoms with Crippen molar-refractivity contribution in [3.63, 3.8) is 0 Å². The van der Waals surface area contributed by atoms with Crippen LogP contribution in [0.3, 0.4) is 0 Å². The number of benzene rings is 2. The summed E-state index contributed by atoms with van der Waals surface area (Å²) in [5.74, 6) is 2.35. The van der Waals surface area contributed by atoms with Gasteiger partial charge in [-0.2, -0.15) is 0 Å². The molecule has 0 bridgehead atoms. The molecule has 0 radical (unpaired) electrons. The van der Waals surface area contributed by atoms with Crippen molar-refractivity contribution in [2.75, 3.05) is 0 Å². The molecule has 2 aromatic carbocycles. The summed E-state index contributed by atoms with van der Waals surface area (Å²) in [5, 5.41) is 0.694. The smallest absolute Gasteiger partial charge is 0.348 e. The monoisotopic (exact) mass is 439 g/mol. The molecule has 4 rings (SSSR count). The first kappa shape index (κ1) is 21.9. The third-order valence-corrected chi connectivity index (χ3v) is 6.99. The molecule has 1 aliphatic carbocycles. The van der Waals surface area contributed by atoms with Gasteiger partial charge in [0, 0.05) is 5.02 Å². The Kier molecular flexibility index (Phi) is 6.38. The molecule has 0 unspecified atom stereocenters. The van der Waals surface area contributed by atoms with Gasteiger partial charge in [-0.1, -0.05) is 50.9 Å². The summed E-state index contributed by atoms with van der Waals surface area (Å²) in [6.45, 7) is 6.92. The Hall–Kier alpha value is -2.33. The van der Waals surface area contributed by atoms with Crippen molar-refractivity contribution >= 4 is 28.6 Å². The molecule has 1 aromatic heterocycles. The van der Waals surface area contributed by atoms with Gasteiger partial charge >= 0.3 is 5.97 Å². The van der Waals surface area contributed by atoms with Gasteiger partial charge in [0.2, 0.25) is 0 Å². The highest BCUT2D eigenvalue weighted by Crippen LogP contribution is 2.35. The number of rotatable bonds is 5. The van der Waals surface area contributed by atoms with Crippen molar-refractivity contribution in [3.8, 4) is 11.4 Å². The van der Waals surface area contributed by atoms with Gasteiger partial charge in [-0.05, 0) is 67.0 Å². The van der Waals surface area contributed by atoms with E-state index in [4.69, 9.17) is 16.3 Å². The molecule has 3 atom stereocenters. The predicted octanol–water partition coefficient (Wildman–Crippen LogP) is 5.79. The lowest BCUT2D eigenvalue weighted by molar-refractivity contribution is -0.634. The number of imidazole rings is 1. The number of halogens is 1. The number of para-hydroxylation sites is 2. The average molecular weight is 440 g/mol. The number of hydrogen-bond acceptors (Lipinski definition) is 2. The lowest BCUT2D eigenvalue weighted by Gasteiger charge is -2.36. The molecule has 0 spiro atoms. The minimum absolute atomic E-state index is 0.00538. The van der Waals surface area contributed by atoms with E-state index in [0.29, 0.717) is 22.8 Å². The van der Waals surface area contributed by atoms with Gasteiger partial charge in [0.05, 0.1) is 12.6 Å². The summed E-state index contributed by atoms with van der Waals surface area (Å²) < 4.78 is 10.3. The molecule has 0 amide bonds. The number of nitrogens with zero attached hydrogens (tertiary/aromatic N) is 2. The van der Waals surface area contributed by atoms with E-state index in [0.717, 1.165) is 35.3 Å². The zero-order valence-electron chi connectivity index (χ0n) is 18.8. The highest BCUT2D eigenvalue weighted by molar-refractivity contribution is 6.30. The fourth-order valence-electron chi connectivity index (χ4n) is 5.08. The van der Waals surface area contributed by atoms with Crippen LogP contribution in [0.15, 0.2) is 48.5 Å². The van der Waals surface area contributed by atoms with E-state index in [1.807, 2.05) is 43.4 Å². The summed E-state index contributed by atoms with van der Waals surface area (Å²) in [4.78, 5) is 13.2. The Labute approximate surface area is 189 Å². The maximum atomic E-state index is 13.2. The number of carbonyl (C=O) groups excluding carboxylic acids is 1. The maximum absolute atomic E-state index is 13.2. The van der Waals surface area contributed by atoms with Crippen LogP contribution in [-0.2, 0) is 23.1 Å². The van der Waals surface area contributed by atoms with Gasteiger partial charge in [0.15, 0.2) is 17.6 Å². The Bertz CT molecular complexity index is 1070. The first-order valence-corrected chi connectivity index (χ1v) is 11.7. The number of carbonyl (C=O) groups is 1. The molecular weight excluding hydrogens is 408 g/mol. The van der Waals surface area contributed by atoms with E-state index in [1.54, 1.807) is 0 Å². The van der Waals surface area contributed by atoms with E-state index in [1.165, 1.54) is 6.42 Å². The molecule has 0 saturated heterocycles. The number of aromatic nitrogens is 2. The number of esters is 1. The molecule has 5 heteroatoms. The standard InChI is InChI=1S/C26H32ClN2O2/c1-17(2)21-14-9-18(3)15-24(21)31-25(30)16-29-23-8-6-5-7-22(23)28(4)26(29)19-10-12-20(27)13-11-19/h5-8,10-13,17-18,21,24H,9,14-16H2,1-4H3/q+1/t18-,21-,24+/m1/s1. The molecule has 4 nitrogen and oxygen atoms in total. The summed E-state index contributed by atoms with van der Waals surface area (Å²) in [6, 6.07) is 15.9. The van der Waals surface area contributed by atoms with Gasteiger partial charge in [0.25, 0.3) is 5.82 Å². The molecule has 0 N–H and O–H groups in total. The second kappa shape index (κ2) is 9.04. The summed E-state index contributed by atoms with van der Waals surface area (Å²) in [5.41, 5.74) is 3.11. The van der Waals surface area contributed by atoms with Crippen LogP contribution >= 0.6 is 11.6 Å². The van der Waals surface area contributed by atoms with Crippen LogP contribution in [0.4, 0.5) is 0 Å². The maximum Gasteiger partial charge on any atom is 0.348 e. The first-order valence-electron chi connectivity index (χ1n) is 11.3. The minimum atomic E-state index is -0.165. The average Bonchev–Trinajstić information content (AvgIpc) is 3.00. The molecule has 0 aliphatic heterocycles. The van der Waals surface area contributed by atoms with Gasteiger partial charge in [0.1, 0.15) is 6.10 Å². The SMILES string of the molecule is CC(C)[C@H]1CC[C@@H](C)C[C@@H]1OC(=O)Cn1c(-c2ccc(Cl)cc2)[n+](C)c2ccccc21. The first-order chi connectivity index (χ1) is 14.8. The van der Waals surface area contributed by atoms with Gasteiger partial charge in [-0.25, -0.2) is 13.9 Å². The number of fused-ring (bicyclic) bond motifs is 1. The molecule has 1 fully saturated rings. The van der Waals surface area contributed by atoms with Crippen LogP contribution in [0.25, 0.3) is 22.4 Å². The van der Waals surface area contributed by atoms with Crippen molar-refractivity contribution in [1.82, 2.24) is 4.57 Å². The van der Waals surface area contributed by atoms with Crippen LogP contribution in [-0.4, -0.2) is 16.6 Å². The molecule has 1 saturated carbocycles. The van der Waals surface area contributed by atoms with Gasteiger partial charge in [-0.15, -0.1) is 0 Å². The van der Waals surface area contributed by atoms with Crippen LogP contribution in [0.1, 0.15) is 40.0 Å². The lowest BCUT2D eigenvalue weighted by Crippen LogP contribution is -2.37. The van der Waals surface area contributed by atoms with Crippen molar-refractivity contribution in [1.29, 1.82) is 0 Å². The molecule has 31 heavy (non-hydrogen) atoms. The van der Waals surface area contributed by atoms with Gasteiger partial charge < -0.3 is 4.74 Å². The molecule has 3 aromatic rings. The fraction of sp³-hybridized carbons (Fsp3) is 0.462. The van der Waals surface area contributed by atoms with Crippen molar-refractivity contribution in [3.05, 3.63) is 53.6 Å². The molecular formula is C26H32ClN2O2+. The van der Waals surface area contributed by atoms with Crippen LogP contribution in [0.5, 0.6) is 0 Å². The predicted molar refractivity (Wildman–Crippen MR) is 125 cm³/mol. The Morgan fingerprint density at radius 2 is 1.87 bits per heavy atom. The number of aryl methyl sites for hydroxylation is 1. The van der Waals surface area contributed by atoms with E-state index in [2.05, 4.69) is 42.0 Å². The summed E-state index contributed by atoms with van der Waals surface area (Å²) in [6.07, 6.45) is 3.31. The molecule has 1 aliphatic rings. The quantitative estimate of drug-likeness (QED) is 0.372. The molecule has 1 heterocycles. The van der Waals surface area contributed by atoms with Crippen molar-refractivity contribution in [2.45, 2.75) is 52.7 Å². The zero-order valence-corrected chi connectivity index (χ0v) is 19.6. The van der Waals surface area contributed by atoms with Crippen LogP contribution < -0.4 is 4.57 Å². The van der Waals surface area contributed by atoms with E-state index in [-0.39, 0.29) is 18.6 Å². The highest BCUT2D eigenvalue weighted by Gasteiger charge is 2.34. The van der Waals surface area contributed by atoms with Gasteiger partial charge in [-0.3, -0.25) is 0 Å². The minimum Gasteiger partial charge on any atom is -0.459 e. The number of ether oxygens (including phenoxy) is 1. The fourth-order valence-corrected chi connectivity index (χ4v) is 5.21. The summed E-state index contributed by atoms with van der Waals surface area (Å²) in [7, 11) is 2.03. The van der Waals surface area contributed by atoms with Crippen molar-refractivity contribution in [2.24, 2.45) is 24.8 Å². The highest BCUT2D eigenvalue weighted by atomic mass is 35.5. The van der Waals surface area contributed by atoms with E-state index >= 15 is 0 Å². The largest absolute Gasteiger partial charge is 0.459 e. The summed E-state index contributed by atoms with van der Waals surface area (Å²) >= 11 is 6.11. The van der Waals surface area contributed by atoms with Crippen LogP contribution in [0.2, 0.25) is 5.02 Å². The second-order valence-corrected chi connectivity index (χ2v) is 9.76. The van der Waals surface area contributed by atoms with Crippen molar-refractivity contribution < 1.29 is 14.1 Å². The van der Waals surface area contributed by atoms with Crippen LogP contribution in [0, 0.1) is 17.8 Å².